The molecule has 0 radical (unpaired) electrons. The van der Waals surface area contributed by atoms with E-state index < -0.39 is 54.5 Å². The van der Waals surface area contributed by atoms with E-state index in [4.69, 9.17) is 35.9 Å². The van der Waals surface area contributed by atoms with Crippen LogP contribution >= 0.6 is 24.0 Å². The van der Waals surface area contributed by atoms with Crippen molar-refractivity contribution in [3.63, 3.8) is 0 Å². The number of hydrogen-bond acceptors (Lipinski definition) is 11. The molecule has 1 fully saturated rings. The molecule has 2 aromatic rings. The Bertz CT molecular complexity index is 1210. The Hall–Kier alpha value is -3.16. The number of hydrogen-bond donors (Lipinski definition) is 1. The van der Waals surface area contributed by atoms with E-state index >= 15 is 0 Å². The van der Waals surface area contributed by atoms with E-state index in [1.54, 1.807) is 4.57 Å². The number of rotatable bonds is 8. The number of nitrogens with one attached hydrogen (secondary N) is 1. The molecule has 206 valence electrons. The van der Waals surface area contributed by atoms with Crippen molar-refractivity contribution >= 4 is 63.1 Å². The lowest BCUT2D eigenvalue weighted by atomic mass is 9.97. The maximum atomic E-state index is 12.2. The highest BCUT2D eigenvalue weighted by atomic mass is 32.2. The van der Waals surface area contributed by atoms with Gasteiger partial charge in [-0.3, -0.25) is 19.2 Å². The number of fused-ring (bicyclic) bond motifs is 1. The third kappa shape index (κ3) is 7.23. The zero-order valence-electron chi connectivity index (χ0n) is 21.6. The quantitative estimate of drug-likeness (QED) is 0.286. The minimum absolute atomic E-state index is 0.302. The highest BCUT2D eigenvalue weighted by Crippen LogP contribution is 2.37. The lowest BCUT2D eigenvalue weighted by Crippen LogP contribution is -2.60. The third-order valence-corrected chi connectivity index (χ3v) is 6.83. The van der Waals surface area contributed by atoms with E-state index in [0.29, 0.717) is 10.9 Å². The highest BCUT2D eigenvalue weighted by Gasteiger charge is 2.53. The first-order chi connectivity index (χ1) is 18.0. The zero-order valence-corrected chi connectivity index (χ0v) is 23.3. The maximum absolute atomic E-state index is 12.2. The molecule has 1 aliphatic rings. The Morgan fingerprint density at radius 1 is 0.947 bits per heavy atom. The van der Waals surface area contributed by atoms with Gasteiger partial charge in [0.15, 0.2) is 24.5 Å². The van der Waals surface area contributed by atoms with Crippen LogP contribution in [0.1, 0.15) is 39.5 Å². The number of thiocarbonyl (C=S) groups is 1. The van der Waals surface area contributed by atoms with Gasteiger partial charge in [-0.2, -0.15) is 0 Å². The van der Waals surface area contributed by atoms with Crippen LogP contribution in [0.5, 0.6) is 0 Å². The van der Waals surface area contributed by atoms with Crippen molar-refractivity contribution < 1.29 is 42.9 Å². The Kier molecular flexibility index (Phi) is 10.1. The Labute approximate surface area is 229 Å². The predicted molar refractivity (Wildman–Crippen MR) is 142 cm³/mol. The second-order valence-corrected chi connectivity index (χ2v) is 10.00. The van der Waals surface area contributed by atoms with E-state index in [9.17, 15) is 19.2 Å². The van der Waals surface area contributed by atoms with Crippen molar-refractivity contribution in [1.29, 1.82) is 0 Å². The number of aromatic nitrogens is 1. The van der Waals surface area contributed by atoms with E-state index in [1.165, 1.54) is 39.5 Å². The topological polar surface area (TPSA) is 131 Å². The first kappa shape index (κ1) is 29.4. The van der Waals surface area contributed by atoms with Crippen LogP contribution < -0.4 is 5.32 Å². The summed E-state index contributed by atoms with van der Waals surface area (Å²) in [7, 11) is 0. The number of carbonyl (C=O) groups is 4. The number of para-hydroxylation sites is 1. The first-order valence-electron chi connectivity index (χ1n) is 11.7. The molecular formula is C25H30N2O9S2. The van der Waals surface area contributed by atoms with Crippen LogP contribution in [0.4, 0.5) is 0 Å². The maximum Gasteiger partial charge on any atom is 0.303 e. The molecule has 1 aromatic heterocycles. The minimum atomic E-state index is -1.26. The Balaban J connectivity index is 2.14. The summed E-state index contributed by atoms with van der Waals surface area (Å²) in [5.41, 5.74) is 1.62. The number of thioether (sulfide) groups is 1. The van der Waals surface area contributed by atoms with E-state index in [-0.39, 0.29) is 6.61 Å². The molecule has 0 amide bonds. The summed E-state index contributed by atoms with van der Waals surface area (Å²) < 4.78 is 30.5. The van der Waals surface area contributed by atoms with E-state index in [2.05, 4.69) is 5.32 Å². The molecule has 3 rings (SSSR count). The fourth-order valence-electron chi connectivity index (χ4n) is 4.30. The smallest absolute Gasteiger partial charge is 0.303 e. The lowest BCUT2D eigenvalue weighted by molar-refractivity contribution is -0.267. The highest BCUT2D eigenvalue weighted by molar-refractivity contribution is 8.22. The molecule has 38 heavy (non-hydrogen) atoms. The van der Waals surface area contributed by atoms with Gasteiger partial charge in [0.05, 0.1) is 5.52 Å². The van der Waals surface area contributed by atoms with Gasteiger partial charge in [0, 0.05) is 45.8 Å². The lowest BCUT2D eigenvalue weighted by Gasteiger charge is -2.44. The summed E-state index contributed by atoms with van der Waals surface area (Å²) in [4.78, 5) is 47.9. The molecule has 5 atom stereocenters. The average Bonchev–Trinajstić information content (AvgIpc) is 3.21. The van der Waals surface area contributed by atoms with Crippen molar-refractivity contribution in [2.24, 2.45) is 0 Å². The van der Waals surface area contributed by atoms with Crippen molar-refractivity contribution in [3.05, 3.63) is 36.0 Å². The van der Waals surface area contributed by atoms with Crippen LogP contribution in [0.3, 0.4) is 0 Å². The first-order valence-corrected chi connectivity index (χ1v) is 13.4. The van der Waals surface area contributed by atoms with Crippen LogP contribution in [-0.4, -0.2) is 70.0 Å². The molecule has 0 saturated carbocycles. The monoisotopic (exact) mass is 566 g/mol. The average molecular weight is 567 g/mol. The van der Waals surface area contributed by atoms with Crippen LogP contribution in [-0.2, 0) is 49.4 Å². The van der Waals surface area contributed by atoms with Crippen molar-refractivity contribution in [3.8, 4) is 0 Å². The molecule has 1 aromatic carbocycles. The fraction of sp³-hybridized carbons (Fsp3) is 0.480. The standard InChI is InChI=1S/C25H30N2O9S2/c1-13(28)32-12-20-21(33-14(2)29)22(34-15(3)30)23(35-16(4)31)24(36-20)27-11-17(10-26-25(37)38-5)18-8-6-7-9-19(18)27/h6-9,11,20-24H,10,12H2,1-5H3,(H,26,37)/t20-,21-,22+,23-,24-/m1/s1. The molecule has 1 N–H and O–H groups in total. The molecule has 1 aliphatic heterocycles. The zero-order chi connectivity index (χ0) is 28.0. The second-order valence-electron chi connectivity index (χ2n) is 8.51. The molecule has 11 nitrogen and oxygen atoms in total. The van der Waals surface area contributed by atoms with Gasteiger partial charge in [-0.05, 0) is 17.9 Å². The van der Waals surface area contributed by atoms with Gasteiger partial charge in [-0.15, -0.1) is 11.8 Å². The van der Waals surface area contributed by atoms with Gasteiger partial charge >= 0.3 is 23.9 Å². The largest absolute Gasteiger partial charge is 0.463 e. The van der Waals surface area contributed by atoms with Crippen molar-refractivity contribution in [1.82, 2.24) is 9.88 Å². The van der Waals surface area contributed by atoms with E-state index in [1.807, 2.05) is 36.7 Å². The van der Waals surface area contributed by atoms with Crippen molar-refractivity contribution in [2.75, 3.05) is 12.9 Å². The molecule has 0 spiro atoms. The second kappa shape index (κ2) is 13.1. The molecule has 0 unspecified atom stereocenters. The van der Waals surface area contributed by atoms with Crippen molar-refractivity contribution in [2.45, 2.75) is 64.9 Å². The molecule has 0 bridgehead atoms. The van der Waals surface area contributed by atoms with E-state index in [0.717, 1.165) is 16.5 Å². The van der Waals surface area contributed by atoms with Crippen LogP contribution in [0.2, 0.25) is 0 Å². The summed E-state index contributed by atoms with van der Waals surface area (Å²) in [5.74, 6) is -2.62. The van der Waals surface area contributed by atoms with Crippen LogP contribution in [0.15, 0.2) is 30.5 Å². The summed E-state index contributed by atoms with van der Waals surface area (Å²) in [6, 6.07) is 7.51. The molecule has 1 saturated heterocycles. The van der Waals surface area contributed by atoms with Gasteiger partial charge in [0.1, 0.15) is 17.0 Å². The van der Waals surface area contributed by atoms with Gasteiger partial charge in [-0.25, -0.2) is 0 Å². The Morgan fingerprint density at radius 3 is 2.16 bits per heavy atom. The molecule has 0 aliphatic carbocycles. The SMILES string of the molecule is CSC(=S)NCc1cn([C@@H]2O[C@H](COC(C)=O)[C@@H](OC(C)=O)[C@H](OC(C)=O)[C@H]2OC(C)=O)c2ccccc12. The fourth-order valence-corrected chi connectivity index (χ4v) is 4.59. The van der Waals surface area contributed by atoms with Gasteiger partial charge in [0.25, 0.3) is 0 Å². The minimum Gasteiger partial charge on any atom is -0.463 e. The number of esters is 4. The molecule has 2 heterocycles. The van der Waals surface area contributed by atoms with Gasteiger partial charge in [-0.1, -0.05) is 30.4 Å². The number of benzene rings is 1. The third-order valence-electron chi connectivity index (χ3n) is 5.67. The summed E-state index contributed by atoms with van der Waals surface area (Å²) >= 11 is 6.69. The predicted octanol–water partition coefficient (Wildman–Crippen LogP) is 2.63. The number of ether oxygens (including phenoxy) is 5. The number of nitrogens with zero attached hydrogens (tertiary/aromatic N) is 1. The number of carbonyl (C=O) groups excluding carboxylic acids is 4. The normalized spacial score (nSPS) is 22.8. The molecule has 13 heteroatoms. The Morgan fingerprint density at radius 2 is 1.55 bits per heavy atom. The van der Waals surface area contributed by atoms with Gasteiger partial charge in [0.2, 0.25) is 0 Å². The van der Waals surface area contributed by atoms with Crippen LogP contribution in [0.25, 0.3) is 10.9 Å². The summed E-state index contributed by atoms with van der Waals surface area (Å²) in [6.45, 7) is 4.91. The van der Waals surface area contributed by atoms with Gasteiger partial charge < -0.3 is 33.6 Å². The molecular weight excluding hydrogens is 536 g/mol. The van der Waals surface area contributed by atoms with Crippen LogP contribution in [0, 0.1) is 0 Å². The summed E-state index contributed by atoms with van der Waals surface area (Å²) in [6.07, 6.45) is -2.09. The summed E-state index contributed by atoms with van der Waals surface area (Å²) in [5, 5.41) is 4.06.